The lowest BCUT2D eigenvalue weighted by Gasteiger charge is -2.19. The lowest BCUT2D eigenvalue weighted by Crippen LogP contribution is -2.32. The molecule has 0 radical (unpaired) electrons. The second-order valence-electron chi connectivity index (χ2n) is 6.74. The topological polar surface area (TPSA) is 78.5 Å². The molecule has 6 nitrogen and oxygen atoms in total. The third-order valence-corrected chi connectivity index (χ3v) is 4.88. The molecule has 0 aliphatic carbocycles. The number of likely N-dealkylation sites (N-methyl/N-ethyl adjacent to an activating group) is 1. The average molecular weight is 395 g/mol. The number of benzene rings is 2. The predicted molar refractivity (Wildman–Crippen MR) is 109 cm³/mol. The van der Waals surface area contributed by atoms with Crippen molar-refractivity contribution in [2.24, 2.45) is 0 Å². The normalized spacial score (nSPS) is 11.0. The summed E-state index contributed by atoms with van der Waals surface area (Å²) in [4.78, 5) is 15.0. The van der Waals surface area contributed by atoms with E-state index in [1.807, 2.05) is 11.9 Å². The van der Waals surface area contributed by atoms with E-state index in [1.165, 1.54) is 23.8 Å². The van der Waals surface area contributed by atoms with Gasteiger partial charge in [-0.2, -0.15) is 5.26 Å². The number of hydrogen-bond acceptors (Lipinski definition) is 5. The quantitative estimate of drug-likeness (QED) is 0.665. The maximum Gasteiger partial charge on any atom is 0.259 e. The number of ether oxygens (including phenoxy) is 1. The Morgan fingerprint density at radius 2 is 2.00 bits per heavy atom. The van der Waals surface area contributed by atoms with Gasteiger partial charge in [-0.15, -0.1) is 0 Å². The molecule has 0 saturated heterocycles. The Kier molecular flexibility index (Phi) is 6.27. The van der Waals surface area contributed by atoms with Gasteiger partial charge in [-0.1, -0.05) is 12.1 Å². The predicted octanol–water partition coefficient (Wildman–Crippen LogP) is 2.61. The van der Waals surface area contributed by atoms with Crippen LogP contribution in [0.1, 0.15) is 5.69 Å². The summed E-state index contributed by atoms with van der Waals surface area (Å²) in [6.45, 7) is 1.20. The molecule has 1 N–H and O–H groups in total. The number of aromatic nitrogens is 1. The van der Waals surface area contributed by atoms with Crippen molar-refractivity contribution >= 4 is 10.8 Å². The van der Waals surface area contributed by atoms with Gasteiger partial charge in [0.05, 0.1) is 13.7 Å². The van der Waals surface area contributed by atoms with Gasteiger partial charge in [-0.3, -0.25) is 9.36 Å². The molecule has 0 spiro atoms. The number of pyridine rings is 1. The maximum absolute atomic E-state index is 13.9. The smallest absolute Gasteiger partial charge is 0.259 e. The zero-order valence-electron chi connectivity index (χ0n) is 16.4. The zero-order chi connectivity index (χ0) is 21.0. The standard InChI is InChI=1S/C22H22FN3O3/c1-25(10-11-27)8-9-26-20(14-24)21(15-4-3-5-16(23)12-15)19-13-17(29-2)6-7-18(19)22(26)28/h3-7,12-13,27H,8-11H2,1-2H3. The highest BCUT2D eigenvalue weighted by molar-refractivity contribution is 5.99. The molecular weight excluding hydrogens is 373 g/mol. The fraction of sp³-hybridized carbons (Fsp3) is 0.273. The van der Waals surface area contributed by atoms with Crippen LogP contribution in [-0.2, 0) is 6.54 Å². The van der Waals surface area contributed by atoms with Crippen molar-refractivity contribution in [2.75, 3.05) is 33.9 Å². The van der Waals surface area contributed by atoms with Crippen molar-refractivity contribution in [3.63, 3.8) is 0 Å². The molecule has 0 atom stereocenters. The molecule has 0 aliphatic heterocycles. The number of aliphatic hydroxyl groups is 1. The monoisotopic (exact) mass is 395 g/mol. The van der Waals surface area contributed by atoms with Crippen LogP contribution in [0.25, 0.3) is 21.9 Å². The molecule has 3 aromatic rings. The summed E-state index contributed by atoms with van der Waals surface area (Å²) in [7, 11) is 3.35. The number of rotatable bonds is 7. The highest BCUT2D eigenvalue weighted by atomic mass is 19.1. The van der Waals surface area contributed by atoms with Crippen molar-refractivity contribution in [1.29, 1.82) is 5.26 Å². The summed E-state index contributed by atoms with van der Waals surface area (Å²) in [5.74, 6) is 0.113. The summed E-state index contributed by atoms with van der Waals surface area (Å²) >= 11 is 0. The van der Waals surface area contributed by atoms with E-state index in [2.05, 4.69) is 6.07 Å². The van der Waals surface area contributed by atoms with Crippen LogP contribution in [-0.4, -0.2) is 48.4 Å². The number of halogens is 1. The Balaban J connectivity index is 2.31. The van der Waals surface area contributed by atoms with E-state index in [1.54, 1.807) is 30.3 Å². The molecular formula is C22H22FN3O3. The Bertz CT molecular complexity index is 1130. The Morgan fingerprint density at radius 1 is 1.21 bits per heavy atom. The minimum Gasteiger partial charge on any atom is -0.497 e. The molecule has 2 aromatic carbocycles. The van der Waals surface area contributed by atoms with E-state index in [0.29, 0.717) is 40.7 Å². The molecule has 0 unspecified atom stereocenters. The number of fused-ring (bicyclic) bond motifs is 1. The van der Waals surface area contributed by atoms with Gasteiger partial charge in [0.1, 0.15) is 23.3 Å². The van der Waals surface area contributed by atoms with Gasteiger partial charge in [-0.05, 0) is 42.9 Å². The third-order valence-electron chi connectivity index (χ3n) is 4.88. The van der Waals surface area contributed by atoms with Crippen LogP contribution in [0.3, 0.4) is 0 Å². The van der Waals surface area contributed by atoms with Crippen molar-refractivity contribution < 1.29 is 14.2 Å². The molecule has 0 fully saturated rings. The molecule has 1 aromatic heterocycles. The maximum atomic E-state index is 13.9. The molecule has 7 heteroatoms. The van der Waals surface area contributed by atoms with E-state index >= 15 is 0 Å². The number of aliphatic hydroxyl groups excluding tert-OH is 1. The Morgan fingerprint density at radius 3 is 2.66 bits per heavy atom. The molecule has 0 saturated carbocycles. The van der Waals surface area contributed by atoms with Crippen LogP contribution < -0.4 is 10.3 Å². The van der Waals surface area contributed by atoms with Gasteiger partial charge in [-0.25, -0.2) is 4.39 Å². The van der Waals surface area contributed by atoms with Crippen LogP contribution in [0.2, 0.25) is 0 Å². The summed E-state index contributed by atoms with van der Waals surface area (Å²) in [5, 5.41) is 20.0. The van der Waals surface area contributed by atoms with E-state index in [9.17, 15) is 14.4 Å². The summed E-state index contributed by atoms with van der Waals surface area (Å²) in [6.07, 6.45) is 0. The number of nitrogens with zero attached hydrogens (tertiary/aromatic N) is 3. The molecule has 0 bridgehead atoms. The Labute approximate surface area is 168 Å². The van der Waals surface area contributed by atoms with Gasteiger partial charge < -0.3 is 14.7 Å². The van der Waals surface area contributed by atoms with Gasteiger partial charge >= 0.3 is 0 Å². The largest absolute Gasteiger partial charge is 0.497 e. The molecule has 150 valence electrons. The zero-order valence-corrected chi connectivity index (χ0v) is 16.4. The first-order chi connectivity index (χ1) is 14.0. The number of hydrogen-bond donors (Lipinski definition) is 1. The van der Waals surface area contributed by atoms with Crippen LogP contribution in [0.5, 0.6) is 5.75 Å². The fourth-order valence-electron chi connectivity index (χ4n) is 3.37. The highest BCUT2D eigenvalue weighted by Gasteiger charge is 2.19. The first-order valence-corrected chi connectivity index (χ1v) is 9.20. The second-order valence-corrected chi connectivity index (χ2v) is 6.74. The molecule has 1 heterocycles. The fourth-order valence-corrected chi connectivity index (χ4v) is 3.37. The molecule has 29 heavy (non-hydrogen) atoms. The lowest BCUT2D eigenvalue weighted by molar-refractivity contribution is 0.217. The summed E-state index contributed by atoms with van der Waals surface area (Å²) in [6, 6.07) is 13.1. The SMILES string of the molecule is COc1ccc2c(=O)n(CCN(C)CCO)c(C#N)c(-c3cccc(F)c3)c2c1. The van der Waals surface area contributed by atoms with E-state index < -0.39 is 5.82 Å². The third kappa shape index (κ3) is 4.14. The molecule has 0 amide bonds. The summed E-state index contributed by atoms with van der Waals surface area (Å²) < 4.78 is 20.7. The van der Waals surface area contributed by atoms with Crippen molar-refractivity contribution in [3.8, 4) is 22.9 Å². The minimum atomic E-state index is -0.428. The van der Waals surface area contributed by atoms with Crippen molar-refractivity contribution in [2.45, 2.75) is 6.54 Å². The summed E-state index contributed by atoms with van der Waals surface area (Å²) in [5.41, 5.74) is 0.873. The Hall–Kier alpha value is -3.21. The first-order valence-electron chi connectivity index (χ1n) is 9.20. The molecule has 3 rings (SSSR count). The van der Waals surface area contributed by atoms with Crippen LogP contribution in [0, 0.1) is 17.1 Å². The second kappa shape index (κ2) is 8.86. The van der Waals surface area contributed by atoms with E-state index in [0.717, 1.165) is 0 Å². The van der Waals surface area contributed by atoms with Crippen LogP contribution in [0.4, 0.5) is 4.39 Å². The van der Waals surface area contributed by atoms with Gasteiger partial charge in [0.2, 0.25) is 0 Å². The van der Waals surface area contributed by atoms with Gasteiger partial charge in [0.15, 0.2) is 0 Å². The van der Waals surface area contributed by atoms with Crippen LogP contribution >= 0.6 is 0 Å². The van der Waals surface area contributed by atoms with Gasteiger partial charge in [0.25, 0.3) is 5.56 Å². The first kappa shape index (κ1) is 20.5. The number of methoxy groups -OCH3 is 1. The minimum absolute atomic E-state index is 0.00254. The van der Waals surface area contributed by atoms with E-state index in [-0.39, 0.29) is 24.4 Å². The molecule has 0 aliphatic rings. The van der Waals surface area contributed by atoms with Gasteiger partial charge in [0, 0.05) is 36.0 Å². The lowest BCUT2D eigenvalue weighted by atomic mass is 9.96. The highest BCUT2D eigenvalue weighted by Crippen LogP contribution is 2.33. The van der Waals surface area contributed by atoms with Crippen molar-refractivity contribution in [1.82, 2.24) is 9.47 Å². The van der Waals surface area contributed by atoms with Crippen molar-refractivity contribution in [3.05, 3.63) is 64.3 Å². The van der Waals surface area contributed by atoms with E-state index in [4.69, 9.17) is 9.84 Å². The van der Waals surface area contributed by atoms with Crippen LogP contribution in [0.15, 0.2) is 47.3 Å². The number of nitriles is 1. The average Bonchev–Trinajstić information content (AvgIpc) is 2.72.